The molecule has 5 nitrogen and oxygen atoms in total. The fourth-order valence-electron chi connectivity index (χ4n) is 2.76. The molecule has 1 saturated heterocycles. The highest BCUT2D eigenvalue weighted by Crippen LogP contribution is 2.19. The molecule has 2 aromatic rings. The molecule has 0 bridgehead atoms. The number of hydrogen-bond acceptors (Lipinski definition) is 5. The van der Waals surface area contributed by atoms with Gasteiger partial charge in [0.15, 0.2) is 0 Å². The zero-order chi connectivity index (χ0) is 16.2. The highest BCUT2D eigenvalue weighted by molar-refractivity contribution is 7.12. The Morgan fingerprint density at radius 2 is 2.39 bits per heavy atom. The average molecular weight is 331 g/mol. The first-order valence-electron chi connectivity index (χ1n) is 7.78. The Kier molecular flexibility index (Phi) is 4.93. The van der Waals surface area contributed by atoms with Crippen molar-refractivity contribution in [1.82, 2.24) is 9.88 Å². The number of carbonyl (C=O) groups is 1. The van der Waals surface area contributed by atoms with E-state index in [1.807, 2.05) is 35.4 Å². The Hall–Kier alpha value is -1.92. The van der Waals surface area contributed by atoms with Crippen molar-refractivity contribution in [2.75, 3.05) is 25.4 Å². The highest BCUT2D eigenvalue weighted by atomic mass is 32.1. The third kappa shape index (κ3) is 4.09. The fourth-order valence-corrected chi connectivity index (χ4v) is 3.62. The van der Waals surface area contributed by atoms with Crippen LogP contribution in [0.3, 0.4) is 0 Å². The molecular formula is C17H21N3O2S. The largest absolute Gasteiger partial charge is 0.384 e. The van der Waals surface area contributed by atoms with E-state index in [4.69, 9.17) is 10.5 Å². The predicted octanol–water partition coefficient (Wildman–Crippen LogP) is 2.51. The molecule has 6 heteroatoms. The van der Waals surface area contributed by atoms with Crippen LogP contribution in [0.4, 0.5) is 5.82 Å². The van der Waals surface area contributed by atoms with Crippen LogP contribution in [0.2, 0.25) is 0 Å². The van der Waals surface area contributed by atoms with Crippen LogP contribution in [0.15, 0.2) is 29.8 Å². The third-order valence-corrected chi connectivity index (χ3v) is 5.00. The van der Waals surface area contributed by atoms with Gasteiger partial charge < -0.3 is 15.4 Å². The Bertz CT molecular complexity index is 686. The van der Waals surface area contributed by atoms with Crippen molar-refractivity contribution in [3.8, 4) is 0 Å². The first kappa shape index (κ1) is 16.0. The molecule has 23 heavy (non-hydrogen) atoms. The highest BCUT2D eigenvalue weighted by Gasteiger charge is 2.25. The molecular weight excluding hydrogens is 310 g/mol. The lowest BCUT2D eigenvalue weighted by atomic mass is 10.1. The number of nitrogens with zero attached hydrogens (tertiary/aromatic N) is 2. The normalized spacial score (nSPS) is 18.1. The third-order valence-electron chi connectivity index (χ3n) is 3.97. The van der Waals surface area contributed by atoms with Crippen LogP contribution in [0.5, 0.6) is 0 Å². The molecule has 0 spiro atoms. The number of carbonyl (C=O) groups excluding carboxylic acids is 1. The van der Waals surface area contributed by atoms with Gasteiger partial charge in [-0.3, -0.25) is 4.79 Å². The van der Waals surface area contributed by atoms with Crippen molar-refractivity contribution < 1.29 is 9.53 Å². The summed E-state index contributed by atoms with van der Waals surface area (Å²) in [4.78, 5) is 19.2. The first-order valence-corrected chi connectivity index (χ1v) is 8.66. The van der Waals surface area contributed by atoms with Crippen LogP contribution in [0, 0.1) is 6.92 Å². The number of nitrogen functional groups attached to an aromatic ring is 1. The van der Waals surface area contributed by atoms with Crippen molar-refractivity contribution in [1.29, 1.82) is 0 Å². The van der Waals surface area contributed by atoms with Gasteiger partial charge in [-0.1, -0.05) is 0 Å². The lowest BCUT2D eigenvalue weighted by Crippen LogP contribution is -2.45. The molecule has 1 aliphatic rings. The average Bonchev–Trinajstić information content (AvgIpc) is 2.99. The van der Waals surface area contributed by atoms with Crippen LogP contribution in [-0.4, -0.2) is 41.6 Å². The summed E-state index contributed by atoms with van der Waals surface area (Å²) in [6, 6.07) is 5.81. The fraction of sp³-hybridized carbons (Fsp3) is 0.412. The van der Waals surface area contributed by atoms with Crippen LogP contribution in [0.1, 0.15) is 27.2 Å². The summed E-state index contributed by atoms with van der Waals surface area (Å²) >= 11 is 1.51. The summed E-state index contributed by atoms with van der Waals surface area (Å²) < 4.78 is 5.81. The van der Waals surface area contributed by atoms with E-state index in [9.17, 15) is 4.79 Å². The Balaban J connectivity index is 1.56. The van der Waals surface area contributed by atoms with Gasteiger partial charge in [0.05, 0.1) is 17.6 Å². The summed E-state index contributed by atoms with van der Waals surface area (Å²) in [5, 5.41) is 2.01. The van der Waals surface area contributed by atoms with Crippen molar-refractivity contribution in [2.24, 2.45) is 0 Å². The monoisotopic (exact) mass is 331 g/mol. The molecule has 0 unspecified atom stereocenters. The quantitative estimate of drug-likeness (QED) is 0.935. The number of thiophene rings is 1. The summed E-state index contributed by atoms with van der Waals surface area (Å²) in [5.41, 5.74) is 7.99. The van der Waals surface area contributed by atoms with Crippen LogP contribution in [-0.2, 0) is 11.2 Å². The molecule has 1 atom stereocenters. The summed E-state index contributed by atoms with van der Waals surface area (Å²) in [5.74, 6) is 0.654. The van der Waals surface area contributed by atoms with Crippen molar-refractivity contribution >= 4 is 23.1 Å². The molecule has 2 N–H and O–H groups in total. The number of amides is 1. The molecule has 1 aliphatic heterocycles. The molecule has 1 amide bonds. The Morgan fingerprint density at radius 1 is 1.52 bits per heavy atom. The van der Waals surface area contributed by atoms with Gasteiger partial charge in [0.1, 0.15) is 5.82 Å². The number of aromatic nitrogens is 1. The molecule has 0 saturated carbocycles. The van der Waals surface area contributed by atoms with E-state index < -0.39 is 0 Å². The molecule has 122 valence electrons. The molecule has 0 aromatic carbocycles. The van der Waals surface area contributed by atoms with E-state index in [-0.39, 0.29) is 12.0 Å². The lowest BCUT2D eigenvalue weighted by Gasteiger charge is -2.32. The maximum absolute atomic E-state index is 12.5. The van der Waals surface area contributed by atoms with Gasteiger partial charge in [-0.05, 0) is 54.5 Å². The SMILES string of the molecule is Cc1csc(C(=O)N2CCO[C@H](CCc3ccnc(N)c3)C2)c1. The van der Waals surface area contributed by atoms with Crippen LogP contribution >= 0.6 is 11.3 Å². The van der Waals surface area contributed by atoms with Crippen molar-refractivity contribution in [2.45, 2.75) is 25.9 Å². The van der Waals surface area contributed by atoms with E-state index in [2.05, 4.69) is 4.98 Å². The maximum Gasteiger partial charge on any atom is 0.264 e. The zero-order valence-electron chi connectivity index (χ0n) is 13.2. The van der Waals surface area contributed by atoms with Gasteiger partial charge in [-0.15, -0.1) is 11.3 Å². The number of pyridine rings is 1. The summed E-state index contributed by atoms with van der Waals surface area (Å²) in [6.45, 7) is 3.92. The predicted molar refractivity (Wildman–Crippen MR) is 91.7 cm³/mol. The van der Waals surface area contributed by atoms with Crippen molar-refractivity contribution in [3.05, 3.63) is 45.8 Å². The van der Waals surface area contributed by atoms with Crippen molar-refractivity contribution in [3.63, 3.8) is 0 Å². The number of ether oxygens (including phenoxy) is 1. The van der Waals surface area contributed by atoms with E-state index in [1.54, 1.807) is 6.20 Å². The Labute approximate surface area is 140 Å². The molecule has 3 heterocycles. The topological polar surface area (TPSA) is 68.5 Å². The summed E-state index contributed by atoms with van der Waals surface area (Å²) in [6.07, 6.45) is 3.54. The minimum absolute atomic E-state index is 0.0724. The number of hydrogen-bond donors (Lipinski definition) is 1. The second-order valence-electron chi connectivity index (χ2n) is 5.86. The number of rotatable bonds is 4. The number of aryl methyl sites for hydroxylation is 2. The molecule has 0 aliphatic carbocycles. The minimum Gasteiger partial charge on any atom is -0.384 e. The molecule has 0 radical (unpaired) electrons. The molecule has 3 rings (SSSR count). The summed E-state index contributed by atoms with van der Waals surface area (Å²) in [7, 11) is 0. The molecule has 2 aromatic heterocycles. The van der Waals surface area contributed by atoms with Gasteiger partial charge >= 0.3 is 0 Å². The van der Waals surface area contributed by atoms with Crippen LogP contribution < -0.4 is 5.73 Å². The maximum atomic E-state index is 12.5. The van der Waals surface area contributed by atoms with E-state index >= 15 is 0 Å². The van der Waals surface area contributed by atoms with Gasteiger partial charge in [0.25, 0.3) is 5.91 Å². The van der Waals surface area contributed by atoms with E-state index in [0.717, 1.165) is 28.8 Å². The van der Waals surface area contributed by atoms with Gasteiger partial charge in [0, 0.05) is 19.3 Å². The van der Waals surface area contributed by atoms with Gasteiger partial charge in [-0.2, -0.15) is 0 Å². The number of nitrogens with two attached hydrogens (primary N) is 1. The smallest absolute Gasteiger partial charge is 0.264 e. The first-order chi connectivity index (χ1) is 11.1. The van der Waals surface area contributed by atoms with Crippen LogP contribution in [0.25, 0.3) is 0 Å². The van der Waals surface area contributed by atoms with E-state index in [1.165, 1.54) is 11.3 Å². The van der Waals surface area contributed by atoms with Gasteiger partial charge in [-0.25, -0.2) is 4.98 Å². The molecule has 1 fully saturated rings. The number of morpholine rings is 1. The van der Waals surface area contributed by atoms with E-state index in [0.29, 0.717) is 25.5 Å². The lowest BCUT2D eigenvalue weighted by molar-refractivity contribution is -0.0244. The second-order valence-corrected chi connectivity index (χ2v) is 6.77. The minimum atomic E-state index is 0.0724. The van der Waals surface area contributed by atoms with Gasteiger partial charge in [0.2, 0.25) is 0 Å². The second kappa shape index (κ2) is 7.10. The standard InChI is InChI=1S/C17H21N3O2S/c1-12-8-15(23-11-12)17(21)20-6-7-22-14(10-20)3-2-13-4-5-19-16(18)9-13/h4-5,8-9,11,14H,2-3,6-7,10H2,1H3,(H2,18,19)/t14-/m1/s1. The zero-order valence-corrected chi connectivity index (χ0v) is 14.0. The number of anilines is 1. The Morgan fingerprint density at radius 3 is 3.13 bits per heavy atom.